The van der Waals surface area contributed by atoms with Crippen molar-refractivity contribution < 1.29 is 27.1 Å². The zero-order valence-electron chi connectivity index (χ0n) is 18.5. The summed E-state index contributed by atoms with van der Waals surface area (Å²) in [6.07, 6.45) is 3.16. The maximum Gasteiger partial charge on any atom is 0.257 e. The lowest BCUT2D eigenvalue weighted by Crippen LogP contribution is -2.52. The van der Waals surface area contributed by atoms with Crippen molar-refractivity contribution in [1.82, 2.24) is 19.9 Å². The van der Waals surface area contributed by atoms with Crippen molar-refractivity contribution in [2.75, 3.05) is 18.4 Å². The monoisotopic (exact) mass is 491 g/mol. The Hall–Kier alpha value is -3.80. The molecule has 4 rings (SSSR count). The van der Waals surface area contributed by atoms with Gasteiger partial charge in [-0.15, -0.1) is 0 Å². The summed E-state index contributed by atoms with van der Waals surface area (Å²) in [5.41, 5.74) is -0.108. The molecule has 1 aromatic carbocycles. The number of amides is 1. The van der Waals surface area contributed by atoms with E-state index in [-0.39, 0.29) is 36.1 Å². The number of aromatic nitrogens is 3. The fourth-order valence-electron chi connectivity index (χ4n) is 3.77. The van der Waals surface area contributed by atoms with E-state index in [2.05, 4.69) is 20.3 Å². The van der Waals surface area contributed by atoms with Gasteiger partial charge in [-0.2, -0.15) is 0 Å². The summed E-state index contributed by atoms with van der Waals surface area (Å²) < 4.78 is 61.1. The molecule has 184 valence electrons. The number of H-pyrrole nitrogens is 1. The topological polar surface area (TPSA) is 100 Å². The second-order valence-electron chi connectivity index (χ2n) is 8.13. The number of pyridine rings is 1. The Morgan fingerprint density at radius 2 is 2.03 bits per heavy atom. The molecule has 0 saturated carbocycles. The molecule has 0 aliphatic carbocycles. The summed E-state index contributed by atoms with van der Waals surface area (Å²) >= 11 is 0. The summed E-state index contributed by atoms with van der Waals surface area (Å²) in [6, 6.07) is 4.59. The Balaban J connectivity index is 1.39. The molecular formula is C23H21F4N5O3. The maximum absolute atomic E-state index is 14.6. The van der Waals surface area contributed by atoms with E-state index in [0.29, 0.717) is 6.07 Å². The van der Waals surface area contributed by atoms with Gasteiger partial charge in [0.05, 0.1) is 24.4 Å². The number of nitrogens with zero attached hydrogens (tertiary/aromatic N) is 3. The van der Waals surface area contributed by atoms with Crippen LogP contribution >= 0.6 is 0 Å². The number of nitrogens with one attached hydrogen (secondary N) is 2. The molecule has 2 unspecified atom stereocenters. The lowest BCUT2D eigenvalue weighted by Gasteiger charge is -2.40. The van der Waals surface area contributed by atoms with Gasteiger partial charge in [0.25, 0.3) is 5.92 Å². The van der Waals surface area contributed by atoms with Gasteiger partial charge in [-0.25, -0.2) is 27.5 Å². The number of aromatic amines is 1. The first kappa shape index (κ1) is 24.3. The van der Waals surface area contributed by atoms with Crippen LogP contribution in [0.1, 0.15) is 24.8 Å². The van der Waals surface area contributed by atoms with Gasteiger partial charge in [-0.3, -0.25) is 14.5 Å². The molecule has 3 heterocycles. The number of anilines is 1. The Morgan fingerprint density at radius 1 is 1.23 bits per heavy atom. The number of piperidine rings is 1. The van der Waals surface area contributed by atoms with Crippen LogP contribution < -0.4 is 15.6 Å². The number of ether oxygens (including phenoxy) is 1. The summed E-state index contributed by atoms with van der Waals surface area (Å²) in [5.74, 6) is -6.58. The Morgan fingerprint density at radius 3 is 2.69 bits per heavy atom. The summed E-state index contributed by atoms with van der Waals surface area (Å²) in [5, 5.41) is 2.56. The second-order valence-corrected chi connectivity index (χ2v) is 8.13. The molecular weight excluding hydrogens is 470 g/mol. The summed E-state index contributed by atoms with van der Waals surface area (Å²) in [4.78, 5) is 36.0. The number of halogens is 4. The first-order valence-electron chi connectivity index (χ1n) is 10.7. The molecule has 1 fully saturated rings. The van der Waals surface area contributed by atoms with Crippen LogP contribution in [0.15, 0.2) is 53.7 Å². The summed E-state index contributed by atoms with van der Waals surface area (Å²) in [7, 11) is 0. The van der Waals surface area contributed by atoms with E-state index in [9.17, 15) is 27.2 Å². The van der Waals surface area contributed by atoms with Crippen LogP contribution in [-0.4, -0.2) is 50.8 Å². The molecule has 1 saturated heterocycles. The first-order valence-corrected chi connectivity index (χ1v) is 10.7. The highest BCUT2D eigenvalue weighted by molar-refractivity contribution is 5.93. The molecule has 1 aliphatic rings. The predicted octanol–water partition coefficient (Wildman–Crippen LogP) is 3.69. The zero-order chi connectivity index (χ0) is 25.2. The van der Waals surface area contributed by atoms with Crippen molar-refractivity contribution in [2.24, 2.45) is 0 Å². The quantitative estimate of drug-likeness (QED) is 0.511. The van der Waals surface area contributed by atoms with Crippen molar-refractivity contribution in [1.29, 1.82) is 0 Å². The van der Waals surface area contributed by atoms with E-state index >= 15 is 0 Å². The van der Waals surface area contributed by atoms with E-state index < -0.39 is 47.4 Å². The molecule has 2 aromatic heterocycles. The van der Waals surface area contributed by atoms with Crippen LogP contribution in [0.5, 0.6) is 11.6 Å². The minimum absolute atomic E-state index is 0.00311. The number of likely N-dealkylation sites (tertiary alicyclic amines) is 1. The Labute approximate surface area is 197 Å². The molecule has 8 nitrogen and oxygen atoms in total. The van der Waals surface area contributed by atoms with Gasteiger partial charge in [0, 0.05) is 37.8 Å². The summed E-state index contributed by atoms with van der Waals surface area (Å²) in [6.45, 7) is 1.50. The van der Waals surface area contributed by atoms with Crippen LogP contribution in [0.25, 0.3) is 0 Å². The molecule has 0 radical (unpaired) electrons. The van der Waals surface area contributed by atoms with Gasteiger partial charge < -0.3 is 15.0 Å². The van der Waals surface area contributed by atoms with Crippen LogP contribution in [0, 0.1) is 11.6 Å². The van der Waals surface area contributed by atoms with Gasteiger partial charge in [-0.05, 0) is 24.6 Å². The lowest BCUT2D eigenvalue weighted by atomic mass is 9.87. The number of alkyl halides is 2. The second kappa shape index (κ2) is 9.82. The molecule has 2 atom stereocenters. The number of hydrogen-bond acceptors (Lipinski definition) is 6. The number of rotatable bonds is 6. The zero-order valence-corrected chi connectivity index (χ0v) is 18.5. The Bertz CT molecular complexity index is 1250. The number of benzene rings is 1. The molecule has 0 bridgehead atoms. The molecule has 35 heavy (non-hydrogen) atoms. The molecule has 1 amide bonds. The van der Waals surface area contributed by atoms with Crippen molar-refractivity contribution in [3.63, 3.8) is 0 Å². The highest BCUT2D eigenvalue weighted by atomic mass is 19.3. The van der Waals surface area contributed by atoms with Gasteiger partial charge >= 0.3 is 0 Å². The van der Waals surface area contributed by atoms with Crippen molar-refractivity contribution in [3.8, 4) is 11.6 Å². The van der Waals surface area contributed by atoms with Crippen molar-refractivity contribution >= 4 is 11.7 Å². The van der Waals surface area contributed by atoms with Crippen LogP contribution in [0.2, 0.25) is 0 Å². The standard InChI is InChI=1S/C23H21F4N5O3/c1-13(32-7-6-23(26,27)16(12-32)14-2-5-20(33)29-9-14)22(34)31-19-10-30-21(11-28-19)35-18-4-3-15(24)8-17(18)25/h2-5,8-11,13,16H,6-7,12H2,1H3,(H,29,33)(H,28,31,34). The van der Waals surface area contributed by atoms with E-state index in [1.807, 2.05) is 0 Å². The maximum atomic E-state index is 14.6. The predicted molar refractivity (Wildman–Crippen MR) is 117 cm³/mol. The Kier molecular flexibility index (Phi) is 6.83. The number of carbonyl (C=O) groups excluding carboxylic acids is 1. The van der Waals surface area contributed by atoms with Crippen LogP contribution in [0.4, 0.5) is 23.4 Å². The average molecular weight is 491 g/mol. The smallest absolute Gasteiger partial charge is 0.257 e. The number of hydrogen-bond donors (Lipinski definition) is 2. The van der Waals surface area contributed by atoms with Gasteiger partial charge in [-0.1, -0.05) is 6.07 Å². The van der Waals surface area contributed by atoms with Gasteiger partial charge in [0.2, 0.25) is 17.3 Å². The minimum atomic E-state index is -2.99. The average Bonchev–Trinajstić information content (AvgIpc) is 2.82. The molecule has 1 aliphatic heterocycles. The van der Waals surface area contributed by atoms with E-state index in [0.717, 1.165) is 18.3 Å². The van der Waals surface area contributed by atoms with Gasteiger partial charge in [0.15, 0.2) is 17.4 Å². The fraction of sp³-hybridized carbons (Fsp3) is 0.304. The minimum Gasteiger partial charge on any atom is -0.434 e. The van der Waals surface area contributed by atoms with Crippen LogP contribution in [-0.2, 0) is 4.79 Å². The highest BCUT2D eigenvalue weighted by Gasteiger charge is 2.46. The van der Waals surface area contributed by atoms with E-state index in [1.165, 1.54) is 24.5 Å². The largest absolute Gasteiger partial charge is 0.434 e. The third-order valence-electron chi connectivity index (χ3n) is 5.78. The SMILES string of the molecule is CC(C(=O)Nc1cnc(Oc2ccc(F)cc2F)cn1)N1CCC(F)(F)C(c2ccc(=O)[nH]c2)C1. The van der Waals surface area contributed by atoms with E-state index in [1.54, 1.807) is 11.8 Å². The number of carbonyl (C=O) groups is 1. The third kappa shape index (κ3) is 5.65. The third-order valence-corrected chi connectivity index (χ3v) is 5.78. The highest BCUT2D eigenvalue weighted by Crippen LogP contribution is 2.40. The first-order chi connectivity index (χ1) is 16.6. The molecule has 2 N–H and O–H groups in total. The normalized spacial score (nSPS) is 18.6. The lowest BCUT2D eigenvalue weighted by molar-refractivity contribution is -0.125. The van der Waals surface area contributed by atoms with Crippen LogP contribution in [0.3, 0.4) is 0 Å². The molecule has 3 aromatic rings. The van der Waals surface area contributed by atoms with Crippen molar-refractivity contribution in [3.05, 3.63) is 76.5 Å². The molecule has 0 spiro atoms. The van der Waals surface area contributed by atoms with Crippen molar-refractivity contribution in [2.45, 2.75) is 31.2 Å². The molecule has 12 heteroatoms. The van der Waals surface area contributed by atoms with Gasteiger partial charge in [0.1, 0.15) is 5.82 Å². The fourth-order valence-corrected chi connectivity index (χ4v) is 3.77. The van der Waals surface area contributed by atoms with E-state index in [4.69, 9.17) is 4.74 Å².